The number of rotatable bonds is 5. The molecule has 0 radical (unpaired) electrons. The minimum absolute atomic E-state index is 0.0177. The molecule has 1 aliphatic heterocycles. The zero-order chi connectivity index (χ0) is 18.9. The van der Waals surface area contributed by atoms with Crippen LogP contribution in [0.25, 0.3) is 5.69 Å². The van der Waals surface area contributed by atoms with Crippen molar-refractivity contribution in [3.05, 3.63) is 47.5 Å². The van der Waals surface area contributed by atoms with Gasteiger partial charge in [-0.25, -0.2) is 17.5 Å². The molecule has 140 valence electrons. The van der Waals surface area contributed by atoms with Gasteiger partial charge in [-0.1, -0.05) is 6.92 Å². The van der Waals surface area contributed by atoms with E-state index in [1.54, 1.807) is 28.6 Å². The molecule has 0 saturated carbocycles. The summed E-state index contributed by atoms with van der Waals surface area (Å²) in [4.78, 5) is 14.7. The van der Waals surface area contributed by atoms with Gasteiger partial charge < -0.3 is 4.90 Å². The Morgan fingerprint density at radius 2 is 2.04 bits per heavy atom. The van der Waals surface area contributed by atoms with Crippen LogP contribution in [0.15, 0.2) is 30.5 Å². The van der Waals surface area contributed by atoms with E-state index in [-0.39, 0.29) is 29.3 Å². The summed E-state index contributed by atoms with van der Waals surface area (Å²) < 4.78 is 38.3. The van der Waals surface area contributed by atoms with Crippen molar-refractivity contribution in [2.24, 2.45) is 0 Å². The number of carbonyl (C=O) groups is 1. The van der Waals surface area contributed by atoms with E-state index in [9.17, 15) is 17.6 Å². The lowest BCUT2D eigenvalue weighted by molar-refractivity contribution is 0.0696. The molecule has 1 fully saturated rings. The third kappa shape index (κ3) is 3.65. The van der Waals surface area contributed by atoms with E-state index in [1.807, 2.05) is 6.92 Å². The van der Waals surface area contributed by atoms with Gasteiger partial charge in [-0.3, -0.25) is 4.79 Å². The molecular weight excluding hydrogens is 357 g/mol. The topological polar surface area (TPSA) is 72.3 Å². The first-order chi connectivity index (χ1) is 12.3. The van der Waals surface area contributed by atoms with Crippen LogP contribution >= 0.6 is 0 Å². The summed E-state index contributed by atoms with van der Waals surface area (Å²) in [6.07, 6.45) is 2.71. The first-order valence-electron chi connectivity index (χ1n) is 8.64. The van der Waals surface area contributed by atoms with Gasteiger partial charge in [0.05, 0.1) is 34.6 Å². The Morgan fingerprint density at radius 3 is 2.62 bits per heavy atom. The highest BCUT2D eigenvalue weighted by molar-refractivity contribution is 7.91. The van der Waals surface area contributed by atoms with Crippen molar-refractivity contribution in [3.8, 4) is 5.69 Å². The quantitative estimate of drug-likeness (QED) is 0.799. The standard InChI is InChI=1S/C18H22FN3O3S/c1-3-9-21(16-8-10-26(24,25)12-16)18(23)17-11-20-22(13(17)2)15-6-4-14(19)5-7-15/h4-7,11,16H,3,8-10,12H2,1-2H3. The summed E-state index contributed by atoms with van der Waals surface area (Å²) >= 11 is 0. The van der Waals surface area contributed by atoms with E-state index in [1.165, 1.54) is 18.3 Å². The van der Waals surface area contributed by atoms with E-state index >= 15 is 0 Å². The molecule has 1 atom stereocenters. The molecule has 1 amide bonds. The van der Waals surface area contributed by atoms with Gasteiger partial charge in [-0.2, -0.15) is 5.10 Å². The van der Waals surface area contributed by atoms with Gasteiger partial charge in [0.25, 0.3) is 5.91 Å². The average molecular weight is 379 g/mol. The molecule has 6 nitrogen and oxygen atoms in total. The van der Waals surface area contributed by atoms with Crippen molar-refractivity contribution in [2.75, 3.05) is 18.1 Å². The summed E-state index contributed by atoms with van der Waals surface area (Å²) in [5.74, 6) is -0.408. The molecule has 0 bridgehead atoms. The largest absolute Gasteiger partial charge is 0.335 e. The third-order valence-electron chi connectivity index (χ3n) is 4.69. The Balaban J connectivity index is 1.89. The Kier molecular flexibility index (Phi) is 5.13. The van der Waals surface area contributed by atoms with Gasteiger partial charge in [0, 0.05) is 12.6 Å². The van der Waals surface area contributed by atoms with E-state index < -0.39 is 9.84 Å². The number of nitrogens with zero attached hydrogens (tertiary/aromatic N) is 3. The first-order valence-corrected chi connectivity index (χ1v) is 10.5. The molecule has 1 aromatic heterocycles. The van der Waals surface area contributed by atoms with Crippen LogP contribution in [0.1, 0.15) is 35.8 Å². The maximum absolute atomic E-state index is 13.1. The van der Waals surface area contributed by atoms with E-state index in [2.05, 4.69) is 5.10 Å². The lowest BCUT2D eigenvalue weighted by atomic mass is 10.1. The van der Waals surface area contributed by atoms with Gasteiger partial charge in [0.15, 0.2) is 9.84 Å². The van der Waals surface area contributed by atoms with Crippen LogP contribution in [0.5, 0.6) is 0 Å². The summed E-state index contributed by atoms with van der Waals surface area (Å²) in [6, 6.07) is 5.57. The molecule has 1 saturated heterocycles. The molecule has 1 aromatic carbocycles. The van der Waals surface area contributed by atoms with Gasteiger partial charge >= 0.3 is 0 Å². The number of sulfone groups is 1. The Morgan fingerprint density at radius 1 is 1.35 bits per heavy atom. The minimum Gasteiger partial charge on any atom is -0.335 e. The fourth-order valence-corrected chi connectivity index (χ4v) is 5.06. The first kappa shape index (κ1) is 18.6. The number of hydrogen-bond donors (Lipinski definition) is 0. The van der Waals surface area contributed by atoms with Gasteiger partial charge in [0.1, 0.15) is 5.82 Å². The second kappa shape index (κ2) is 7.19. The summed E-state index contributed by atoms with van der Waals surface area (Å²) in [6.45, 7) is 4.23. The highest BCUT2D eigenvalue weighted by atomic mass is 32.2. The van der Waals surface area contributed by atoms with Crippen molar-refractivity contribution < 1.29 is 17.6 Å². The van der Waals surface area contributed by atoms with Crippen molar-refractivity contribution in [1.82, 2.24) is 14.7 Å². The predicted molar refractivity (Wildman–Crippen MR) is 96.6 cm³/mol. The van der Waals surface area contributed by atoms with E-state index in [0.717, 1.165) is 6.42 Å². The zero-order valence-electron chi connectivity index (χ0n) is 14.9. The number of benzene rings is 1. The third-order valence-corrected chi connectivity index (χ3v) is 6.44. The molecule has 1 unspecified atom stereocenters. The van der Waals surface area contributed by atoms with Crippen molar-refractivity contribution >= 4 is 15.7 Å². The van der Waals surface area contributed by atoms with Crippen molar-refractivity contribution in [2.45, 2.75) is 32.7 Å². The molecule has 26 heavy (non-hydrogen) atoms. The SMILES string of the molecule is CCCN(C(=O)c1cnn(-c2ccc(F)cc2)c1C)C1CCS(=O)(=O)C1. The molecule has 2 aromatic rings. The van der Waals surface area contributed by atoms with Gasteiger partial charge in [-0.05, 0) is 44.0 Å². The van der Waals surface area contributed by atoms with Crippen LogP contribution in [0.2, 0.25) is 0 Å². The minimum atomic E-state index is -3.08. The average Bonchev–Trinajstić information content (AvgIpc) is 3.15. The molecular formula is C18H22FN3O3S. The maximum Gasteiger partial charge on any atom is 0.257 e. The second-order valence-electron chi connectivity index (χ2n) is 6.59. The smallest absolute Gasteiger partial charge is 0.257 e. The summed E-state index contributed by atoms with van der Waals surface area (Å²) in [5.41, 5.74) is 1.74. The molecule has 2 heterocycles. The Hall–Kier alpha value is -2.22. The number of amides is 1. The Labute approximate surface area is 152 Å². The monoisotopic (exact) mass is 379 g/mol. The Bertz CT molecular complexity index is 906. The number of halogens is 1. The lowest BCUT2D eigenvalue weighted by Gasteiger charge is -2.27. The summed E-state index contributed by atoms with van der Waals surface area (Å²) in [7, 11) is -3.08. The molecule has 0 spiro atoms. The number of carbonyl (C=O) groups excluding carboxylic acids is 1. The highest BCUT2D eigenvalue weighted by Gasteiger charge is 2.35. The molecule has 0 aliphatic carbocycles. The van der Waals surface area contributed by atoms with Crippen molar-refractivity contribution in [3.63, 3.8) is 0 Å². The van der Waals surface area contributed by atoms with Gasteiger partial charge in [-0.15, -0.1) is 0 Å². The molecule has 0 N–H and O–H groups in total. The van der Waals surface area contributed by atoms with Crippen LogP contribution in [-0.4, -0.2) is 53.1 Å². The number of hydrogen-bond acceptors (Lipinski definition) is 4. The lowest BCUT2D eigenvalue weighted by Crippen LogP contribution is -2.41. The predicted octanol–water partition coefficient (Wildman–Crippen LogP) is 2.36. The summed E-state index contributed by atoms with van der Waals surface area (Å²) in [5, 5.41) is 4.26. The van der Waals surface area contributed by atoms with Gasteiger partial charge in [0.2, 0.25) is 0 Å². The maximum atomic E-state index is 13.1. The van der Waals surface area contributed by atoms with E-state index in [4.69, 9.17) is 0 Å². The van der Waals surface area contributed by atoms with Crippen molar-refractivity contribution in [1.29, 1.82) is 0 Å². The highest BCUT2D eigenvalue weighted by Crippen LogP contribution is 2.22. The second-order valence-corrected chi connectivity index (χ2v) is 8.82. The fourth-order valence-electron chi connectivity index (χ4n) is 3.33. The van der Waals surface area contributed by atoms with Crippen LogP contribution in [0.3, 0.4) is 0 Å². The fraction of sp³-hybridized carbons (Fsp3) is 0.444. The van der Waals surface area contributed by atoms with E-state index in [0.29, 0.717) is 29.9 Å². The van der Waals surface area contributed by atoms with Crippen LogP contribution < -0.4 is 0 Å². The van der Waals surface area contributed by atoms with Crippen LogP contribution in [-0.2, 0) is 9.84 Å². The van der Waals surface area contributed by atoms with Crippen LogP contribution in [0, 0.1) is 12.7 Å². The van der Waals surface area contributed by atoms with Crippen LogP contribution in [0.4, 0.5) is 4.39 Å². The zero-order valence-corrected chi connectivity index (χ0v) is 15.7. The molecule has 8 heteroatoms. The molecule has 1 aliphatic rings. The number of aromatic nitrogens is 2. The molecule has 3 rings (SSSR count). The normalized spacial score (nSPS) is 18.8.